The quantitative estimate of drug-likeness (QED) is 0.697. The van der Waals surface area contributed by atoms with Crippen LogP contribution in [0.25, 0.3) is 5.57 Å². The summed E-state index contributed by atoms with van der Waals surface area (Å²) >= 11 is 0. The summed E-state index contributed by atoms with van der Waals surface area (Å²) in [5.74, 6) is -0.543. The second-order valence-corrected chi connectivity index (χ2v) is 10.0. The number of amides is 1. The number of carbonyl (C=O) groups excluding carboxylic acids is 1. The number of nitrogens with one attached hydrogen (secondary N) is 1. The van der Waals surface area contributed by atoms with Gasteiger partial charge in [-0.1, -0.05) is 24.3 Å². The van der Waals surface area contributed by atoms with Crippen molar-refractivity contribution in [2.24, 2.45) is 5.92 Å². The van der Waals surface area contributed by atoms with E-state index in [1.807, 2.05) is 0 Å². The smallest absolute Gasteiger partial charge is 0.257 e. The van der Waals surface area contributed by atoms with Gasteiger partial charge < -0.3 is 5.32 Å². The van der Waals surface area contributed by atoms with Crippen LogP contribution in [-0.4, -0.2) is 36.9 Å². The summed E-state index contributed by atoms with van der Waals surface area (Å²) in [6.45, 7) is 0. The van der Waals surface area contributed by atoms with Crippen molar-refractivity contribution in [2.75, 3.05) is 5.32 Å². The van der Waals surface area contributed by atoms with Crippen LogP contribution in [0.3, 0.4) is 0 Å². The SMILES string of the molecule is O=C(Nc1ccccn1)/C(=C/C1CC(F)C(F)C1)c1ccc(S(=O)(=O)C2CC2)cc1. The summed E-state index contributed by atoms with van der Waals surface area (Å²) in [4.78, 5) is 17.2. The molecule has 2 aliphatic rings. The third-order valence-corrected chi connectivity index (χ3v) is 7.74. The van der Waals surface area contributed by atoms with Gasteiger partial charge in [0.25, 0.3) is 5.91 Å². The summed E-state index contributed by atoms with van der Waals surface area (Å²) in [6, 6.07) is 11.2. The van der Waals surface area contributed by atoms with Crippen molar-refractivity contribution in [3.63, 3.8) is 0 Å². The number of aromatic nitrogens is 1. The molecule has 1 aromatic heterocycles. The van der Waals surface area contributed by atoms with Crippen molar-refractivity contribution in [1.82, 2.24) is 4.98 Å². The lowest BCUT2D eigenvalue weighted by atomic mass is 9.98. The van der Waals surface area contributed by atoms with Gasteiger partial charge in [0.05, 0.1) is 10.1 Å². The molecule has 5 nitrogen and oxygen atoms in total. The standard InChI is InChI=1S/C22H22F2N2O3S/c23-19-12-14(13-20(19)24)11-18(22(27)26-21-3-1-2-10-25-21)15-4-6-16(7-5-15)30(28,29)17-8-9-17/h1-7,10-11,14,17,19-20H,8-9,12-13H2,(H,25,26,27)/b18-11+. The number of benzene rings is 1. The maximum absolute atomic E-state index is 13.7. The molecule has 0 bridgehead atoms. The van der Waals surface area contributed by atoms with Gasteiger partial charge in [-0.2, -0.15) is 0 Å². The van der Waals surface area contributed by atoms with Crippen LogP contribution in [0, 0.1) is 5.92 Å². The number of alkyl halides is 2. The normalized spacial score (nSPS) is 24.6. The molecule has 2 atom stereocenters. The van der Waals surface area contributed by atoms with Crippen molar-refractivity contribution in [1.29, 1.82) is 0 Å². The van der Waals surface area contributed by atoms with Crippen LogP contribution in [-0.2, 0) is 14.6 Å². The third kappa shape index (κ3) is 4.43. The predicted octanol–water partition coefficient (Wildman–Crippen LogP) is 4.13. The van der Waals surface area contributed by atoms with Crippen LogP contribution < -0.4 is 5.32 Å². The minimum atomic E-state index is -3.34. The van der Waals surface area contributed by atoms with E-state index in [2.05, 4.69) is 10.3 Å². The number of pyridine rings is 1. The highest BCUT2D eigenvalue weighted by atomic mass is 32.2. The summed E-state index contributed by atoms with van der Waals surface area (Å²) in [5.41, 5.74) is 0.721. The van der Waals surface area contributed by atoms with Crippen molar-refractivity contribution < 1.29 is 22.0 Å². The summed E-state index contributed by atoms with van der Waals surface area (Å²) in [6.07, 6.45) is 1.38. The number of allylic oxidation sites excluding steroid dienone is 1. The summed E-state index contributed by atoms with van der Waals surface area (Å²) < 4.78 is 52.1. The molecule has 1 N–H and O–H groups in total. The van der Waals surface area contributed by atoms with E-state index in [-0.39, 0.29) is 28.6 Å². The molecule has 1 amide bonds. The van der Waals surface area contributed by atoms with Crippen LogP contribution in [0.15, 0.2) is 59.6 Å². The minimum absolute atomic E-state index is 0.00960. The second kappa shape index (κ2) is 8.26. The van der Waals surface area contributed by atoms with Gasteiger partial charge in [0, 0.05) is 11.8 Å². The first-order valence-corrected chi connectivity index (χ1v) is 11.5. The minimum Gasteiger partial charge on any atom is -0.307 e. The molecule has 2 aliphatic carbocycles. The summed E-state index contributed by atoms with van der Waals surface area (Å²) in [5, 5.41) is 2.36. The molecule has 0 saturated heterocycles. The molecule has 1 heterocycles. The van der Waals surface area contributed by atoms with Gasteiger partial charge in [-0.15, -0.1) is 0 Å². The van der Waals surface area contributed by atoms with Gasteiger partial charge in [-0.3, -0.25) is 4.79 Å². The Bertz CT molecular complexity index is 1040. The molecule has 0 spiro atoms. The Balaban J connectivity index is 1.63. The molecule has 0 radical (unpaired) electrons. The molecule has 0 aliphatic heterocycles. The molecule has 30 heavy (non-hydrogen) atoms. The zero-order valence-electron chi connectivity index (χ0n) is 16.2. The van der Waals surface area contributed by atoms with E-state index in [9.17, 15) is 22.0 Å². The van der Waals surface area contributed by atoms with Gasteiger partial charge in [0.2, 0.25) is 0 Å². The van der Waals surface area contributed by atoms with Crippen LogP contribution in [0.5, 0.6) is 0 Å². The van der Waals surface area contributed by atoms with E-state index in [4.69, 9.17) is 0 Å². The van der Waals surface area contributed by atoms with Crippen LogP contribution >= 0.6 is 0 Å². The fourth-order valence-electron chi connectivity index (χ4n) is 3.66. The highest BCUT2D eigenvalue weighted by Gasteiger charge is 2.37. The average Bonchev–Trinajstić information content (AvgIpc) is 3.54. The number of hydrogen-bond acceptors (Lipinski definition) is 4. The Labute approximate surface area is 174 Å². The Hall–Kier alpha value is -2.61. The maximum atomic E-state index is 13.7. The van der Waals surface area contributed by atoms with Gasteiger partial charge in [-0.05, 0) is 61.4 Å². The lowest BCUT2D eigenvalue weighted by Gasteiger charge is -2.12. The second-order valence-electron chi connectivity index (χ2n) is 7.78. The zero-order chi connectivity index (χ0) is 21.3. The maximum Gasteiger partial charge on any atom is 0.257 e. The number of halogens is 2. The third-order valence-electron chi connectivity index (χ3n) is 5.46. The van der Waals surface area contributed by atoms with Gasteiger partial charge in [-0.25, -0.2) is 22.2 Å². The van der Waals surface area contributed by atoms with Crippen LogP contribution in [0.2, 0.25) is 0 Å². The van der Waals surface area contributed by atoms with Crippen LogP contribution in [0.4, 0.5) is 14.6 Å². The predicted molar refractivity (Wildman–Crippen MR) is 110 cm³/mol. The van der Waals surface area contributed by atoms with E-state index >= 15 is 0 Å². The number of carbonyl (C=O) groups is 1. The van der Waals surface area contributed by atoms with Gasteiger partial charge in [0.1, 0.15) is 18.2 Å². The zero-order valence-corrected chi connectivity index (χ0v) is 17.0. The number of nitrogens with zero attached hydrogens (tertiary/aromatic N) is 1. The topological polar surface area (TPSA) is 76.1 Å². The number of hydrogen-bond donors (Lipinski definition) is 1. The highest BCUT2D eigenvalue weighted by molar-refractivity contribution is 7.92. The molecular formula is C22H22F2N2O3S. The molecule has 2 saturated carbocycles. The van der Waals surface area contributed by atoms with E-state index in [1.54, 1.807) is 36.4 Å². The first-order chi connectivity index (χ1) is 14.3. The number of rotatable bonds is 6. The van der Waals surface area contributed by atoms with Crippen molar-refractivity contribution in [3.05, 3.63) is 60.3 Å². The van der Waals surface area contributed by atoms with Gasteiger partial charge in [0.15, 0.2) is 9.84 Å². The van der Waals surface area contributed by atoms with E-state index in [1.165, 1.54) is 18.3 Å². The van der Waals surface area contributed by atoms with Crippen molar-refractivity contribution >= 4 is 27.1 Å². The first-order valence-electron chi connectivity index (χ1n) is 9.91. The molecule has 1 aromatic carbocycles. The lowest BCUT2D eigenvalue weighted by Crippen LogP contribution is -2.16. The average molecular weight is 432 g/mol. The molecular weight excluding hydrogens is 410 g/mol. The highest BCUT2D eigenvalue weighted by Crippen LogP contribution is 2.36. The first kappa shape index (κ1) is 20.7. The van der Waals surface area contributed by atoms with Crippen molar-refractivity contribution in [2.45, 2.75) is 48.2 Å². The molecule has 2 aromatic rings. The largest absolute Gasteiger partial charge is 0.307 e. The monoisotopic (exact) mass is 432 g/mol. The molecule has 2 unspecified atom stereocenters. The molecule has 2 fully saturated rings. The Kier molecular flexibility index (Phi) is 5.69. The molecule has 8 heteroatoms. The fourth-order valence-corrected chi connectivity index (χ4v) is 5.32. The van der Waals surface area contributed by atoms with E-state index in [0.29, 0.717) is 24.2 Å². The Morgan fingerprint density at radius 1 is 1.03 bits per heavy atom. The molecule has 4 rings (SSSR count). The Morgan fingerprint density at radius 3 is 2.27 bits per heavy atom. The summed E-state index contributed by atoms with van der Waals surface area (Å²) in [7, 11) is -3.34. The lowest BCUT2D eigenvalue weighted by molar-refractivity contribution is -0.111. The van der Waals surface area contributed by atoms with Crippen molar-refractivity contribution in [3.8, 4) is 0 Å². The number of sulfone groups is 1. The van der Waals surface area contributed by atoms with Crippen LogP contribution in [0.1, 0.15) is 31.2 Å². The van der Waals surface area contributed by atoms with E-state index in [0.717, 1.165) is 0 Å². The fraction of sp³-hybridized carbons (Fsp3) is 0.364. The Morgan fingerprint density at radius 2 is 1.70 bits per heavy atom. The number of anilines is 1. The molecule has 158 valence electrons. The van der Waals surface area contributed by atoms with E-state index < -0.39 is 34.0 Å². The van der Waals surface area contributed by atoms with Gasteiger partial charge >= 0.3 is 0 Å².